The van der Waals surface area contributed by atoms with Crippen LogP contribution in [0.4, 0.5) is 4.39 Å². The summed E-state index contributed by atoms with van der Waals surface area (Å²) in [7, 11) is -3.25. The first-order valence-electron chi connectivity index (χ1n) is 9.61. The van der Waals surface area contributed by atoms with Crippen molar-refractivity contribution < 1.29 is 22.7 Å². The van der Waals surface area contributed by atoms with Crippen molar-refractivity contribution in [2.75, 3.05) is 11.5 Å². The van der Waals surface area contributed by atoms with Crippen molar-refractivity contribution in [1.29, 1.82) is 0 Å². The molecule has 2 unspecified atom stereocenters. The molecule has 7 nitrogen and oxygen atoms in total. The molecular weight excluding hydrogens is 445 g/mol. The number of nitrogens with zero attached hydrogens (tertiary/aromatic N) is 2. The largest absolute Gasteiger partial charge is 0.507 e. The third-order valence-corrected chi connectivity index (χ3v) is 7.79. The van der Waals surface area contributed by atoms with Gasteiger partial charge in [0.1, 0.15) is 23.0 Å². The van der Waals surface area contributed by atoms with E-state index in [1.807, 2.05) is 0 Å². The molecular formula is C21H17ClFN3O4S. The highest BCUT2D eigenvalue weighted by Gasteiger charge is 2.48. The minimum atomic E-state index is -3.25. The van der Waals surface area contributed by atoms with E-state index in [0.717, 1.165) is 0 Å². The van der Waals surface area contributed by atoms with Crippen LogP contribution in [-0.2, 0) is 9.84 Å². The molecule has 10 heteroatoms. The fourth-order valence-corrected chi connectivity index (χ4v) is 6.30. The molecule has 1 fully saturated rings. The number of aromatic hydroxyl groups is 1. The third kappa shape index (κ3) is 3.28. The van der Waals surface area contributed by atoms with Crippen LogP contribution < -0.4 is 0 Å². The van der Waals surface area contributed by atoms with E-state index in [1.165, 1.54) is 29.2 Å². The summed E-state index contributed by atoms with van der Waals surface area (Å²) in [5.41, 5.74) is 2.00. The number of amides is 1. The van der Waals surface area contributed by atoms with Crippen molar-refractivity contribution in [3.05, 3.63) is 70.1 Å². The quantitative estimate of drug-likeness (QED) is 0.622. The first kappa shape index (κ1) is 20.0. The Hall–Kier alpha value is -2.91. The summed E-state index contributed by atoms with van der Waals surface area (Å²) in [5.74, 6) is -1.00. The minimum Gasteiger partial charge on any atom is -0.507 e. The molecule has 2 aliphatic heterocycles. The Balaban J connectivity index is 1.70. The van der Waals surface area contributed by atoms with Crippen molar-refractivity contribution in [3.63, 3.8) is 0 Å². The Morgan fingerprint density at radius 2 is 1.94 bits per heavy atom. The fourth-order valence-electron chi connectivity index (χ4n) is 4.41. The number of aromatic amines is 1. The van der Waals surface area contributed by atoms with Gasteiger partial charge in [-0.1, -0.05) is 23.7 Å². The van der Waals surface area contributed by atoms with Gasteiger partial charge in [-0.15, -0.1) is 0 Å². The molecule has 1 saturated heterocycles. The Kier molecular flexibility index (Phi) is 4.56. The summed E-state index contributed by atoms with van der Waals surface area (Å²) in [6, 6.07) is 9.01. The summed E-state index contributed by atoms with van der Waals surface area (Å²) in [6.45, 7) is 0. The average Bonchev–Trinajstić information content (AvgIpc) is 3.38. The molecule has 5 rings (SSSR count). The summed E-state index contributed by atoms with van der Waals surface area (Å²) >= 11 is 6.11. The minimum absolute atomic E-state index is 0.00566. The predicted molar refractivity (Wildman–Crippen MR) is 112 cm³/mol. The van der Waals surface area contributed by atoms with Gasteiger partial charge in [-0.3, -0.25) is 9.89 Å². The van der Waals surface area contributed by atoms with Crippen molar-refractivity contribution in [2.24, 2.45) is 0 Å². The van der Waals surface area contributed by atoms with E-state index in [1.54, 1.807) is 18.2 Å². The number of hydrogen-bond acceptors (Lipinski definition) is 5. The molecule has 1 aromatic heterocycles. The van der Waals surface area contributed by atoms with Gasteiger partial charge in [0.2, 0.25) is 0 Å². The first-order valence-corrected chi connectivity index (χ1v) is 11.8. The molecule has 1 amide bonds. The number of phenols is 1. The number of phenolic OH excluding ortho intramolecular Hbond substituents is 1. The topological polar surface area (TPSA) is 103 Å². The number of nitrogens with one attached hydrogen (secondary N) is 1. The Bertz CT molecular complexity index is 1310. The van der Waals surface area contributed by atoms with E-state index in [-0.39, 0.29) is 28.9 Å². The van der Waals surface area contributed by atoms with Gasteiger partial charge >= 0.3 is 0 Å². The summed E-state index contributed by atoms with van der Waals surface area (Å²) in [4.78, 5) is 14.9. The molecule has 2 N–H and O–H groups in total. The maximum Gasteiger partial charge on any atom is 0.273 e. The van der Waals surface area contributed by atoms with Crippen LogP contribution in [0.2, 0.25) is 5.02 Å². The second kappa shape index (κ2) is 7.06. The average molecular weight is 462 g/mol. The predicted octanol–water partition coefficient (Wildman–Crippen LogP) is 3.31. The highest BCUT2D eigenvalue weighted by atomic mass is 35.5. The monoisotopic (exact) mass is 461 g/mol. The van der Waals surface area contributed by atoms with E-state index in [0.29, 0.717) is 33.8 Å². The summed E-state index contributed by atoms with van der Waals surface area (Å²) < 4.78 is 37.8. The van der Waals surface area contributed by atoms with E-state index in [4.69, 9.17) is 11.6 Å². The van der Waals surface area contributed by atoms with Crippen molar-refractivity contribution in [2.45, 2.75) is 18.5 Å². The number of carbonyl (C=O) groups is 1. The van der Waals surface area contributed by atoms with Gasteiger partial charge in [-0.2, -0.15) is 5.10 Å². The normalized spacial score (nSPS) is 22.1. The molecule has 160 valence electrons. The maximum absolute atomic E-state index is 13.6. The second-order valence-corrected chi connectivity index (χ2v) is 10.4. The van der Waals surface area contributed by atoms with Crippen LogP contribution in [0.15, 0.2) is 42.5 Å². The van der Waals surface area contributed by atoms with Crippen molar-refractivity contribution in [1.82, 2.24) is 15.1 Å². The second-order valence-electron chi connectivity index (χ2n) is 7.75. The molecule has 0 saturated carbocycles. The molecule has 0 aliphatic carbocycles. The van der Waals surface area contributed by atoms with Gasteiger partial charge in [-0.25, -0.2) is 12.8 Å². The summed E-state index contributed by atoms with van der Waals surface area (Å²) in [6.07, 6.45) is 0.321. The van der Waals surface area contributed by atoms with Crippen LogP contribution in [0.5, 0.6) is 5.75 Å². The molecule has 3 aromatic rings. The number of fused-ring (bicyclic) bond motifs is 1. The lowest BCUT2D eigenvalue weighted by atomic mass is 9.95. The van der Waals surface area contributed by atoms with E-state index >= 15 is 0 Å². The van der Waals surface area contributed by atoms with E-state index in [2.05, 4.69) is 10.2 Å². The number of aromatic nitrogens is 2. The van der Waals surface area contributed by atoms with Crippen LogP contribution in [0.1, 0.15) is 34.1 Å². The standard InChI is InChI=1S/C21H17ClFN3O4S/c22-12-3-6-16(27)15(9-12)18-17-19(25-24-18)21(28)26(14-7-8-31(29,30)10-14)20(17)11-1-4-13(23)5-2-11/h1-6,9,14,20,27H,7-8,10H2,(H,24,25). The zero-order valence-electron chi connectivity index (χ0n) is 16.0. The SMILES string of the molecule is O=C1c2[nH]nc(-c3cc(Cl)ccc3O)c2C(c2ccc(F)cc2)N1C1CCS(=O)(=O)C1. The van der Waals surface area contributed by atoms with Gasteiger partial charge in [0, 0.05) is 22.2 Å². The molecule has 0 radical (unpaired) electrons. The molecule has 2 atom stereocenters. The van der Waals surface area contributed by atoms with Crippen LogP contribution >= 0.6 is 11.6 Å². The van der Waals surface area contributed by atoms with Crippen molar-refractivity contribution >= 4 is 27.3 Å². The number of rotatable bonds is 3. The number of hydrogen-bond donors (Lipinski definition) is 2. The first-order chi connectivity index (χ1) is 14.7. The number of benzene rings is 2. The fraction of sp³-hybridized carbons (Fsp3) is 0.238. The van der Waals surface area contributed by atoms with Crippen LogP contribution in [0, 0.1) is 5.82 Å². The lowest BCUT2D eigenvalue weighted by molar-refractivity contribution is 0.0677. The maximum atomic E-state index is 13.6. The zero-order chi connectivity index (χ0) is 21.9. The number of carbonyl (C=O) groups excluding carboxylic acids is 1. The molecule has 3 heterocycles. The summed E-state index contributed by atoms with van der Waals surface area (Å²) in [5, 5.41) is 17.8. The molecule has 31 heavy (non-hydrogen) atoms. The van der Waals surface area contributed by atoms with Gasteiger partial charge in [0.15, 0.2) is 9.84 Å². The molecule has 2 aromatic carbocycles. The van der Waals surface area contributed by atoms with E-state index in [9.17, 15) is 22.7 Å². The molecule has 0 bridgehead atoms. The van der Waals surface area contributed by atoms with Gasteiger partial charge < -0.3 is 10.0 Å². The molecule has 0 spiro atoms. The van der Waals surface area contributed by atoms with E-state index < -0.39 is 27.7 Å². The van der Waals surface area contributed by atoms with Crippen LogP contribution in [-0.4, -0.2) is 52.1 Å². The number of H-pyrrole nitrogens is 1. The van der Waals surface area contributed by atoms with Crippen LogP contribution in [0.25, 0.3) is 11.3 Å². The number of sulfone groups is 1. The lowest BCUT2D eigenvalue weighted by Gasteiger charge is -2.31. The highest BCUT2D eigenvalue weighted by molar-refractivity contribution is 7.91. The van der Waals surface area contributed by atoms with Gasteiger partial charge in [0.05, 0.1) is 17.5 Å². The number of halogens is 2. The smallest absolute Gasteiger partial charge is 0.273 e. The zero-order valence-corrected chi connectivity index (χ0v) is 17.6. The third-order valence-electron chi connectivity index (χ3n) is 5.81. The van der Waals surface area contributed by atoms with Gasteiger partial charge in [-0.05, 0) is 42.3 Å². The van der Waals surface area contributed by atoms with Crippen LogP contribution in [0.3, 0.4) is 0 Å². The Morgan fingerprint density at radius 3 is 2.61 bits per heavy atom. The highest BCUT2D eigenvalue weighted by Crippen LogP contribution is 2.46. The lowest BCUT2D eigenvalue weighted by Crippen LogP contribution is -2.40. The Morgan fingerprint density at radius 1 is 1.19 bits per heavy atom. The molecule has 2 aliphatic rings. The van der Waals surface area contributed by atoms with Gasteiger partial charge in [0.25, 0.3) is 5.91 Å². The van der Waals surface area contributed by atoms with Crippen molar-refractivity contribution in [3.8, 4) is 17.0 Å². The Labute approximate surface area is 182 Å².